The van der Waals surface area contributed by atoms with E-state index in [1.807, 2.05) is 24.3 Å². The zero-order valence-electron chi connectivity index (χ0n) is 21.4. The molecule has 3 aliphatic rings. The van der Waals surface area contributed by atoms with Crippen LogP contribution in [0.1, 0.15) is 43.0 Å². The highest BCUT2D eigenvalue weighted by molar-refractivity contribution is 7.87. The molecule has 2 fully saturated rings. The quantitative estimate of drug-likeness (QED) is 0.557. The first kappa shape index (κ1) is 24.6. The highest BCUT2D eigenvalue weighted by Gasteiger charge is 2.61. The van der Waals surface area contributed by atoms with Gasteiger partial charge >= 0.3 is 10.2 Å². The third kappa shape index (κ3) is 3.51. The third-order valence-corrected chi connectivity index (χ3v) is 10.4. The van der Waals surface area contributed by atoms with Crippen LogP contribution >= 0.6 is 0 Å². The van der Waals surface area contributed by atoms with Crippen molar-refractivity contribution in [1.29, 1.82) is 0 Å². The molecule has 2 aliphatic carbocycles. The molecular weight excluding hydrogens is 490 g/mol. The fourth-order valence-electron chi connectivity index (χ4n) is 7.00. The minimum atomic E-state index is -3.94. The van der Waals surface area contributed by atoms with Crippen molar-refractivity contribution in [3.05, 3.63) is 71.4 Å². The summed E-state index contributed by atoms with van der Waals surface area (Å²) in [4.78, 5) is 0. The summed E-state index contributed by atoms with van der Waals surface area (Å²) >= 11 is 0. The Hall–Kier alpha value is -2.72. The number of hydrogen-bond donors (Lipinski definition) is 1. The summed E-state index contributed by atoms with van der Waals surface area (Å²) in [5.74, 6) is -0.280. The molecular formula is C28H33N3O5S. The van der Waals surface area contributed by atoms with E-state index >= 15 is 0 Å². The van der Waals surface area contributed by atoms with E-state index in [1.165, 1.54) is 22.5 Å². The lowest BCUT2D eigenvalue weighted by Crippen LogP contribution is -2.56. The summed E-state index contributed by atoms with van der Waals surface area (Å²) in [5.41, 5.74) is 3.52. The van der Waals surface area contributed by atoms with E-state index in [0.29, 0.717) is 37.3 Å². The number of rotatable bonds is 4. The van der Waals surface area contributed by atoms with Gasteiger partial charge in [-0.2, -0.15) is 17.8 Å². The Labute approximate surface area is 218 Å². The Morgan fingerprint density at radius 2 is 1.78 bits per heavy atom. The van der Waals surface area contributed by atoms with Crippen LogP contribution in [-0.2, 0) is 31.5 Å². The monoisotopic (exact) mass is 523 g/mol. The topological polar surface area (TPSA) is 93.9 Å². The molecule has 3 atom stereocenters. The van der Waals surface area contributed by atoms with Crippen molar-refractivity contribution in [2.45, 2.75) is 43.8 Å². The maximum Gasteiger partial charge on any atom is 0.323 e. The fourth-order valence-corrected chi connectivity index (χ4v) is 7.94. The van der Waals surface area contributed by atoms with Gasteiger partial charge in [-0.25, -0.2) is 0 Å². The minimum Gasteiger partial charge on any atom is -0.508 e. The standard InChI is InChI=1S/C28H33N3O5S/c1-19-24-13-12-23-25(20-8-7-11-22(32)18-20)31(37(33,34)30(2)3)29-26(23)27(24,21-9-5-4-6-10-21)14-15-28(19)35-16-17-36-28/h4-11,18-19,24,32H,12-17H2,1-3H3/t19-,24-,27+/m0/s1. The van der Waals surface area contributed by atoms with Gasteiger partial charge in [0.05, 0.1) is 24.6 Å². The first-order valence-corrected chi connectivity index (χ1v) is 14.3. The maximum absolute atomic E-state index is 13.6. The second kappa shape index (κ2) is 8.66. The molecule has 0 unspecified atom stereocenters. The van der Waals surface area contributed by atoms with Crippen LogP contribution < -0.4 is 0 Å². The van der Waals surface area contributed by atoms with Gasteiger partial charge in [0.1, 0.15) is 5.75 Å². The molecule has 1 saturated carbocycles. The van der Waals surface area contributed by atoms with Crippen LogP contribution in [0.25, 0.3) is 11.3 Å². The van der Waals surface area contributed by atoms with Crippen LogP contribution in [0.5, 0.6) is 5.75 Å². The van der Waals surface area contributed by atoms with Crippen molar-refractivity contribution in [2.24, 2.45) is 11.8 Å². The molecule has 3 aromatic rings. The number of nitrogens with zero attached hydrogens (tertiary/aromatic N) is 3. The molecule has 2 heterocycles. The van der Waals surface area contributed by atoms with E-state index in [2.05, 4.69) is 19.1 Å². The first-order valence-electron chi connectivity index (χ1n) is 12.9. The third-order valence-electron chi connectivity index (χ3n) is 8.74. The molecule has 196 valence electrons. The number of phenolic OH excluding ortho intramolecular Hbond substituents is 1. The smallest absolute Gasteiger partial charge is 0.323 e. The SMILES string of the molecule is C[C@H]1[C@@H]2CCc3c(nn(S(=O)(=O)N(C)C)c3-c3cccc(O)c3)[C@@]2(c2ccccc2)CCC12OCCO2. The van der Waals surface area contributed by atoms with Gasteiger partial charge in [-0.05, 0) is 42.9 Å². The average Bonchev–Trinajstić information content (AvgIpc) is 3.53. The van der Waals surface area contributed by atoms with Crippen LogP contribution in [-0.4, -0.2) is 60.1 Å². The number of phenols is 1. The summed E-state index contributed by atoms with van der Waals surface area (Å²) in [5, 5.41) is 15.2. The number of aromatic nitrogens is 2. The van der Waals surface area contributed by atoms with Crippen molar-refractivity contribution in [1.82, 2.24) is 13.5 Å². The van der Waals surface area contributed by atoms with Gasteiger partial charge in [-0.15, -0.1) is 4.09 Å². The Morgan fingerprint density at radius 1 is 1.05 bits per heavy atom. The number of aromatic hydroxyl groups is 1. The molecule has 0 bridgehead atoms. The van der Waals surface area contributed by atoms with E-state index < -0.39 is 21.4 Å². The first-order chi connectivity index (χ1) is 17.7. The molecule has 1 aliphatic heterocycles. The summed E-state index contributed by atoms with van der Waals surface area (Å²) in [6, 6.07) is 17.1. The number of ether oxygens (including phenoxy) is 2. The number of fused-ring (bicyclic) bond motifs is 3. The normalized spacial score (nSPS) is 26.8. The zero-order valence-corrected chi connectivity index (χ0v) is 22.2. The van der Waals surface area contributed by atoms with Gasteiger partial charge < -0.3 is 14.6 Å². The Balaban J connectivity index is 1.64. The summed E-state index contributed by atoms with van der Waals surface area (Å²) in [6.45, 7) is 3.40. The highest BCUT2D eigenvalue weighted by Crippen LogP contribution is 2.60. The van der Waals surface area contributed by atoms with E-state index in [-0.39, 0.29) is 17.6 Å². The lowest BCUT2D eigenvalue weighted by molar-refractivity contribution is -0.232. The second-order valence-electron chi connectivity index (χ2n) is 10.6. The molecule has 2 aromatic carbocycles. The second-order valence-corrected chi connectivity index (χ2v) is 12.6. The van der Waals surface area contributed by atoms with Gasteiger partial charge in [0.15, 0.2) is 5.79 Å². The van der Waals surface area contributed by atoms with Gasteiger partial charge in [-0.1, -0.05) is 49.4 Å². The molecule has 8 nitrogen and oxygen atoms in total. The maximum atomic E-state index is 13.6. The fraction of sp³-hybridized carbons (Fsp3) is 0.464. The molecule has 1 aromatic heterocycles. The Morgan fingerprint density at radius 3 is 2.46 bits per heavy atom. The van der Waals surface area contributed by atoms with Crippen LogP contribution in [0.3, 0.4) is 0 Å². The molecule has 9 heteroatoms. The molecule has 1 saturated heterocycles. The Kier molecular flexibility index (Phi) is 5.76. The average molecular weight is 524 g/mol. The van der Waals surface area contributed by atoms with E-state index in [9.17, 15) is 13.5 Å². The Bertz CT molecular complexity index is 1430. The molecule has 1 N–H and O–H groups in total. The van der Waals surface area contributed by atoms with E-state index in [1.54, 1.807) is 18.2 Å². The van der Waals surface area contributed by atoms with Gasteiger partial charge in [-0.3, -0.25) is 0 Å². The van der Waals surface area contributed by atoms with E-state index in [0.717, 1.165) is 29.7 Å². The van der Waals surface area contributed by atoms with Crippen molar-refractivity contribution < 1.29 is 23.0 Å². The number of hydrogen-bond acceptors (Lipinski definition) is 6. The lowest BCUT2D eigenvalue weighted by Gasteiger charge is -2.55. The molecule has 37 heavy (non-hydrogen) atoms. The minimum absolute atomic E-state index is 0.0801. The number of benzene rings is 2. The highest BCUT2D eigenvalue weighted by atomic mass is 32.2. The van der Waals surface area contributed by atoms with Crippen LogP contribution in [0.2, 0.25) is 0 Å². The van der Waals surface area contributed by atoms with Gasteiger partial charge in [0.2, 0.25) is 0 Å². The van der Waals surface area contributed by atoms with Gasteiger partial charge in [0, 0.05) is 43.0 Å². The molecule has 6 rings (SSSR count). The van der Waals surface area contributed by atoms with Crippen LogP contribution in [0.15, 0.2) is 54.6 Å². The summed E-state index contributed by atoms with van der Waals surface area (Å²) in [6.07, 6.45) is 2.95. The van der Waals surface area contributed by atoms with Crippen LogP contribution in [0.4, 0.5) is 0 Å². The van der Waals surface area contributed by atoms with Gasteiger partial charge in [0.25, 0.3) is 0 Å². The largest absolute Gasteiger partial charge is 0.508 e. The molecule has 0 amide bonds. The predicted octanol–water partition coefficient (Wildman–Crippen LogP) is 3.93. The van der Waals surface area contributed by atoms with Crippen molar-refractivity contribution >= 4 is 10.2 Å². The van der Waals surface area contributed by atoms with Crippen molar-refractivity contribution in [3.63, 3.8) is 0 Å². The van der Waals surface area contributed by atoms with Crippen molar-refractivity contribution in [3.8, 4) is 17.0 Å². The summed E-state index contributed by atoms with van der Waals surface area (Å²) in [7, 11) is -0.911. The molecule has 0 radical (unpaired) electrons. The van der Waals surface area contributed by atoms with Crippen molar-refractivity contribution in [2.75, 3.05) is 27.3 Å². The molecule has 1 spiro atoms. The van der Waals surface area contributed by atoms with Crippen LogP contribution in [0, 0.1) is 11.8 Å². The predicted molar refractivity (Wildman–Crippen MR) is 139 cm³/mol. The lowest BCUT2D eigenvalue weighted by atomic mass is 9.52. The zero-order chi connectivity index (χ0) is 26.0. The van der Waals surface area contributed by atoms with E-state index in [4.69, 9.17) is 14.6 Å². The summed E-state index contributed by atoms with van der Waals surface area (Å²) < 4.78 is 42.1.